The number of halogens is 2. The molecule has 6 heteroatoms. The molecule has 23 heavy (non-hydrogen) atoms. The summed E-state index contributed by atoms with van der Waals surface area (Å²) in [5, 5.41) is 0. The Kier molecular flexibility index (Phi) is 3.88. The van der Waals surface area contributed by atoms with Crippen molar-refractivity contribution in [2.45, 2.75) is 30.7 Å². The highest BCUT2D eigenvalue weighted by Gasteiger charge is 2.48. The average molecular weight is 323 g/mol. The summed E-state index contributed by atoms with van der Waals surface area (Å²) in [6, 6.07) is 4.02. The van der Waals surface area contributed by atoms with Crippen LogP contribution in [0.1, 0.15) is 18.1 Å². The van der Waals surface area contributed by atoms with Gasteiger partial charge >= 0.3 is 0 Å². The van der Waals surface area contributed by atoms with Crippen molar-refractivity contribution in [2.24, 2.45) is 11.7 Å². The van der Waals surface area contributed by atoms with Gasteiger partial charge < -0.3 is 15.4 Å². The minimum Gasteiger partial charge on any atom is -0.370 e. The molecule has 2 N–H and O–H groups in total. The van der Waals surface area contributed by atoms with E-state index in [4.69, 9.17) is 10.5 Å². The van der Waals surface area contributed by atoms with Crippen LogP contribution in [-0.2, 0) is 4.74 Å². The topological polar surface area (TPSA) is 41.7 Å². The Bertz CT molecular complexity index is 599. The first-order valence-corrected chi connectivity index (χ1v) is 8.29. The second-order valence-corrected chi connectivity index (χ2v) is 7.22. The summed E-state index contributed by atoms with van der Waals surface area (Å²) in [4.78, 5) is 4.84. The van der Waals surface area contributed by atoms with Crippen LogP contribution >= 0.6 is 0 Å². The van der Waals surface area contributed by atoms with E-state index in [1.54, 1.807) is 0 Å². The SMILES string of the molecule is CN1CC2CN([C@H]3CO[C@H](c4cc(F)ccc4F)[C@@H](N)C3)C2C1. The maximum atomic E-state index is 14.0. The van der Waals surface area contributed by atoms with Gasteiger partial charge in [-0.1, -0.05) is 0 Å². The Morgan fingerprint density at radius 2 is 2.04 bits per heavy atom. The zero-order chi connectivity index (χ0) is 16.1. The van der Waals surface area contributed by atoms with Crippen molar-refractivity contribution in [3.8, 4) is 0 Å². The summed E-state index contributed by atoms with van der Waals surface area (Å²) in [7, 11) is 2.16. The molecular weight excluding hydrogens is 300 g/mol. The highest BCUT2D eigenvalue weighted by molar-refractivity contribution is 5.23. The van der Waals surface area contributed by atoms with Crippen molar-refractivity contribution in [1.29, 1.82) is 0 Å². The van der Waals surface area contributed by atoms with E-state index in [0.29, 0.717) is 12.6 Å². The summed E-state index contributed by atoms with van der Waals surface area (Å²) < 4.78 is 33.2. The predicted octanol–water partition coefficient (Wildman–Crippen LogP) is 1.37. The van der Waals surface area contributed by atoms with Crippen molar-refractivity contribution >= 4 is 0 Å². The molecule has 0 radical (unpaired) electrons. The van der Waals surface area contributed by atoms with E-state index < -0.39 is 17.7 Å². The van der Waals surface area contributed by atoms with Crippen molar-refractivity contribution < 1.29 is 13.5 Å². The quantitative estimate of drug-likeness (QED) is 0.893. The fourth-order valence-electron chi connectivity index (χ4n) is 4.44. The van der Waals surface area contributed by atoms with Gasteiger partial charge in [0, 0.05) is 49.2 Å². The molecule has 1 aromatic rings. The van der Waals surface area contributed by atoms with Crippen molar-refractivity contribution in [3.05, 3.63) is 35.4 Å². The number of likely N-dealkylation sites (tertiary alicyclic amines) is 2. The Morgan fingerprint density at radius 3 is 2.78 bits per heavy atom. The highest BCUT2D eigenvalue weighted by atomic mass is 19.1. The molecule has 0 spiro atoms. The number of nitrogens with two attached hydrogens (primary N) is 1. The predicted molar refractivity (Wildman–Crippen MR) is 82.9 cm³/mol. The van der Waals surface area contributed by atoms with Crippen molar-refractivity contribution in [2.75, 3.05) is 33.3 Å². The number of ether oxygens (including phenoxy) is 1. The van der Waals surface area contributed by atoms with Crippen LogP contribution in [0.2, 0.25) is 0 Å². The number of hydrogen-bond acceptors (Lipinski definition) is 4. The fraction of sp³-hybridized carbons (Fsp3) is 0.647. The van der Waals surface area contributed by atoms with Gasteiger partial charge in [-0.25, -0.2) is 8.78 Å². The van der Waals surface area contributed by atoms with Crippen molar-refractivity contribution in [1.82, 2.24) is 9.80 Å². The maximum Gasteiger partial charge on any atom is 0.129 e. The Labute approximate surface area is 135 Å². The van der Waals surface area contributed by atoms with Gasteiger partial charge in [0.2, 0.25) is 0 Å². The van der Waals surface area contributed by atoms with Crippen LogP contribution < -0.4 is 5.73 Å². The first-order valence-electron chi connectivity index (χ1n) is 8.29. The zero-order valence-electron chi connectivity index (χ0n) is 13.3. The number of rotatable bonds is 2. The third-order valence-corrected chi connectivity index (χ3v) is 5.60. The van der Waals surface area contributed by atoms with E-state index in [1.165, 1.54) is 6.07 Å². The summed E-state index contributed by atoms with van der Waals surface area (Å²) in [5.74, 6) is -0.153. The largest absolute Gasteiger partial charge is 0.370 e. The van der Waals surface area contributed by atoms with Crippen LogP contribution in [0.4, 0.5) is 8.78 Å². The van der Waals surface area contributed by atoms with Gasteiger partial charge in [-0.15, -0.1) is 0 Å². The molecule has 3 heterocycles. The van der Waals surface area contributed by atoms with Crippen LogP contribution in [0.3, 0.4) is 0 Å². The van der Waals surface area contributed by atoms with Crippen molar-refractivity contribution in [3.63, 3.8) is 0 Å². The van der Waals surface area contributed by atoms with Gasteiger partial charge in [-0.05, 0) is 31.7 Å². The minimum atomic E-state index is -0.565. The van der Waals surface area contributed by atoms with E-state index in [2.05, 4.69) is 16.8 Å². The van der Waals surface area contributed by atoms with Crippen LogP contribution in [-0.4, -0.2) is 61.2 Å². The fourth-order valence-corrected chi connectivity index (χ4v) is 4.44. The molecule has 0 aliphatic carbocycles. The first-order chi connectivity index (χ1) is 11.0. The number of fused-ring (bicyclic) bond motifs is 1. The van der Waals surface area contributed by atoms with Crippen LogP contribution in [0.25, 0.3) is 0 Å². The molecule has 1 aromatic carbocycles. The van der Waals surface area contributed by atoms with Crippen LogP contribution in [0, 0.1) is 17.6 Å². The molecule has 2 unspecified atom stereocenters. The third kappa shape index (κ3) is 2.67. The lowest BCUT2D eigenvalue weighted by Gasteiger charge is -2.51. The molecule has 0 amide bonds. The second-order valence-electron chi connectivity index (χ2n) is 7.22. The Balaban J connectivity index is 1.44. The number of nitrogens with zero attached hydrogens (tertiary/aromatic N) is 2. The molecule has 0 saturated carbocycles. The molecule has 5 atom stereocenters. The van der Waals surface area contributed by atoms with E-state index in [1.807, 2.05) is 0 Å². The summed E-state index contributed by atoms with van der Waals surface area (Å²) in [6.45, 7) is 3.88. The lowest BCUT2D eigenvalue weighted by atomic mass is 9.86. The molecule has 0 bridgehead atoms. The highest BCUT2D eigenvalue weighted by Crippen LogP contribution is 2.38. The van der Waals surface area contributed by atoms with Gasteiger partial charge in [0.25, 0.3) is 0 Å². The molecule has 0 aromatic heterocycles. The summed E-state index contributed by atoms with van der Waals surface area (Å²) in [5.41, 5.74) is 6.48. The molecule has 4 nitrogen and oxygen atoms in total. The van der Waals surface area contributed by atoms with Gasteiger partial charge in [0.15, 0.2) is 0 Å². The molecule has 3 aliphatic heterocycles. The lowest BCUT2D eigenvalue weighted by molar-refractivity contribution is -0.0937. The normalized spacial score (nSPS) is 38.3. The maximum absolute atomic E-state index is 14.0. The first kappa shape index (κ1) is 15.4. The molecule has 4 rings (SSSR count). The monoisotopic (exact) mass is 323 g/mol. The smallest absolute Gasteiger partial charge is 0.129 e. The molecule has 126 valence electrons. The van der Waals surface area contributed by atoms with Gasteiger partial charge in [-0.3, -0.25) is 4.90 Å². The lowest BCUT2D eigenvalue weighted by Crippen LogP contribution is -2.63. The molecule has 3 saturated heterocycles. The Morgan fingerprint density at radius 1 is 1.22 bits per heavy atom. The zero-order valence-corrected chi connectivity index (χ0v) is 13.3. The number of benzene rings is 1. The standard InChI is InChI=1S/C17H23F2N3O/c1-21-6-10-7-22(16(10)8-21)12-5-15(20)17(23-9-12)13-4-11(18)2-3-14(13)19/h2-4,10,12,15-17H,5-9,20H2,1H3/t10?,12-,15+,16?,17-/m1/s1. The van der Waals surface area contributed by atoms with Crippen LogP contribution in [0.5, 0.6) is 0 Å². The molecular formula is C17H23F2N3O. The third-order valence-electron chi connectivity index (χ3n) is 5.60. The summed E-state index contributed by atoms with van der Waals surface area (Å²) in [6.07, 6.45) is 0.193. The minimum absolute atomic E-state index is 0.234. The number of hydrogen-bond donors (Lipinski definition) is 1. The van der Waals surface area contributed by atoms with E-state index in [0.717, 1.165) is 44.1 Å². The Hall–Kier alpha value is -1.08. The van der Waals surface area contributed by atoms with E-state index >= 15 is 0 Å². The van der Waals surface area contributed by atoms with Crippen LogP contribution in [0.15, 0.2) is 18.2 Å². The molecule has 3 aliphatic rings. The second kappa shape index (κ2) is 5.77. The average Bonchev–Trinajstić information content (AvgIpc) is 2.78. The summed E-state index contributed by atoms with van der Waals surface area (Å²) >= 11 is 0. The van der Waals surface area contributed by atoms with Gasteiger partial charge in [0.1, 0.15) is 17.7 Å². The number of likely N-dealkylation sites (N-methyl/N-ethyl adjacent to an activating group) is 1. The van der Waals surface area contributed by atoms with E-state index in [-0.39, 0.29) is 17.6 Å². The molecule has 3 fully saturated rings. The van der Waals surface area contributed by atoms with E-state index in [9.17, 15) is 8.78 Å². The van der Waals surface area contributed by atoms with Gasteiger partial charge in [-0.2, -0.15) is 0 Å². The van der Waals surface area contributed by atoms with Gasteiger partial charge in [0.05, 0.1) is 6.61 Å².